The van der Waals surface area contributed by atoms with Gasteiger partial charge in [0.05, 0.1) is 18.8 Å². The van der Waals surface area contributed by atoms with Gasteiger partial charge in [0.2, 0.25) is 0 Å². The van der Waals surface area contributed by atoms with Gasteiger partial charge in [-0.05, 0) is 38.0 Å². The second-order valence-corrected chi connectivity index (χ2v) is 13.6. The highest BCUT2D eigenvalue weighted by Gasteiger charge is 2.39. The summed E-state index contributed by atoms with van der Waals surface area (Å²) >= 11 is 0. The molecule has 8 heteroatoms. The highest BCUT2D eigenvalue weighted by atomic mass is 16.6. The van der Waals surface area contributed by atoms with Gasteiger partial charge in [-0.1, -0.05) is 122 Å². The molecule has 8 nitrogen and oxygen atoms in total. The first-order chi connectivity index (χ1) is 22.2. The van der Waals surface area contributed by atoms with Gasteiger partial charge in [-0.2, -0.15) is 0 Å². The molecule has 0 unspecified atom stereocenters. The van der Waals surface area contributed by atoms with E-state index in [1.54, 1.807) is 12.2 Å². The van der Waals surface area contributed by atoms with E-state index in [1.165, 1.54) is 44.9 Å². The number of aliphatic hydroxyl groups excluding tert-OH is 3. The van der Waals surface area contributed by atoms with Crippen molar-refractivity contribution in [3.05, 3.63) is 24.3 Å². The van der Waals surface area contributed by atoms with Gasteiger partial charge in [0.25, 0.3) is 0 Å². The largest absolute Gasteiger partial charge is 0.462 e. The SMILES string of the molecule is CCCCC[C@H](O)/C=C/[C@H]1C(=O)C[C@H](O)[C@@H]1C/C=C\CCCC(=O)OC[C@H](CO)OC(=O)CCCCCCCCCCCC(C)C. The molecule has 0 aromatic heterocycles. The summed E-state index contributed by atoms with van der Waals surface area (Å²) in [6.45, 7) is 6.09. The Labute approximate surface area is 279 Å². The second-order valence-electron chi connectivity index (χ2n) is 13.6. The standard InChI is InChI=1S/C38H66O8/c1-4-5-15-21-31(40)25-26-34-33(35(41)27-36(34)42)22-17-13-14-18-23-37(43)45-29-32(28-39)46-38(44)24-19-12-10-8-6-7-9-11-16-20-30(2)3/h13,17,25-26,30-35,39-41H,4-12,14-16,18-24,27-29H2,1-3H3/b17-13-,26-25+/t31-,32-,33+,34+,35-/m0/s1. The van der Waals surface area contributed by atoms with Gasteiger partial charge in [0.1, 0.15) is 12.4 Å². The third kappa shape index (κ3) is 21.0. The first-order valence-corrected chi connectivity index (χ1v) is 18.4. The lowest BCUT2D eigenvalue weighted by molar-refractivity contribution is -0.161. The Morgan fingerprint density at radius 2 is 1.50 bits per heavy atom. The molecule has 0 aromatic rings. The van der Waals surface area contributed by atoms with Crippen LogP contribution in [0.4, 0.5) is 0 Å². The Morgan fingerprint density at radius 3 is 2.15 bits per heavy atom. The monoisotopic (exact) mass is 650 g/mol. The second kappa shape index (κ2) is 27.0. The Morgan fingerprint density at radius 1 is 0.870 bits per heavy atom. The molecule has 0 saturated heterocycles. The van der Waals surface area contributed by atoms with Crippen molar-refractivity contribution < 1.29 is 39.2 Å². The zero-order chi connectivity index (χ0) is 34.0. The van der Waals surface area contributed by atoms with Crippen LogP contribution in [0, 0.1) is 17.8 Å². The number of carbonyl (C=O) groups is 3. The third-order valence-corrected chi connectivity index (χ3v) is 8.80. The average Bonchev–Trinajstić information content (AvgIpc) is 3.29. The molecular formula is C38H66O8. The number of ether oxygens (including phenoxy) is 2. The van der Waals surface area contributed by atoms with Crippen LogP contribution in [0.1, 0.15) is 149 Å². The summed E-state index contributed by atoms with van der Waals surface area (Å²) in [4.78, 5) is 36.7. The number of hydrogen-bond donors (Lipinski definition) is 3. The maximum absolute atomic E-state index is 12.4. The van der Waals surface area contributed by atoms with Gasteiger partial charge >= 0.3 is 11.9 Å². The van der Waals surface area contributed by atoms with Crippen molar-refractivity contribution in [3.63, 3.8) is 0 Å². The van der Waals surface area contributed by atoms with Crippen LogP contribution in [0.15, 0.2) is 24.3 Å². The summed E-state index contributed by atoms with van der Waals surface area (Å²) in [6, 6.07) is 0. The van der Waals surface area contributed by atoms with Gasteiger partial charge in [-0.3, -0.25) is 14.4 Å². The molecule has 46 heavy (non-hydrogen) atoms. The lowest BCUT2D eigenvalue weighted by atomic mass is 9.90. The molecule has 0 spiro atoms. The summed E-state index contributed by atoms with van der Waals surface area (Å²) in [5.41, 5.74) is 0. The molecule has 3 N–H and O–H groups in total. The van der Waals surface area contributed by atoms with Crippen LogP contribution in [0.25, 0.3) is 0 Å². The minimum absolute atomic E-state index is 0.00129. The molecule has 1 aliphatic carbocycles. The number of carbonyl (C=O) groups excluding carboxylic acids is 3. The molecule has 0 bridgehead atoms. The maximum Gasteiger partial charge on any atom is 0.306 e. The summed E-state index contributed by atoms with van der Waals surface area (Å²) in [5, 5.41) is 30.1. The van der Waals surface area contributed by atoms with Gasteiger partial charge < -0.3 is 24.8 Å². The molecule has 0 heterocycles. The van der Waals surface area contributed by atoms with Crippen LogP contribution >= 0.6 is 0 Å². The number of Topliss-reactive ketones (excluding diaryl/α,β-unsaturated/α-hetero) is 1. The van der Waals surface area contributed by atoms with E-state index in [-0.39, 0.29) is 37.1 Å². The number of esters is 2. The highest BCUT2D eigenvalue weighted by Crippen LogP contribution is 2.33. The Bertz CT molecular complexity index is 867. The van der Waals surface area contributed by atoms with Crippen LogP contribution < -0.4 is 0 Å². The molecule has 1 fully saturated rings. The fourth-order valence-corrected chi connectivity index (χ4v) is 5.89. The molecule has 1 rings (SSSR count). The van der Waals surface area contributed by atoms with E-state index >= 15 is 0 Å². The van der Waals surface area contributed by atoms with Gasteiger partial charge in [0, 0.05) is 31.1 Å². The topological polar surface area (TPSA) is 130 Å². The Kier molecular flexibility index (Phi) is 24.6. The number of aliphatic hydroxyl groups is 3. The van der Waals surface area contributed by atoms with Gasteiger partial charge in [-0.15, -0.1) is 0 Å². The molecule has 0 radical (unpaired) electrons. The summed E-state index contributed by atoms with van der Waals surface area (Å²) in [5.74, 6) is -0.605. The smallest absolute Gasteiger partial charge is 0.306 e. The van der Waals surface area contributed by atoms with E-state index in [9.17, 15) is 29.7 Å². The lowest BCUT2D eigenvalue weighted by Gasteiger charge is -2.17. The van der Waals surface area contributed by atoms with Gasteiger partial charge in [0.15, 0.2) is 6.10 Å². The molecule has 266 valence electrons. The third-order valence-electron chi connectivity index (χ3n) is 8.80. The zero-order valence-electron chi connectivity index (χ0n) is 29.2. The van der Waals surface area contributed by atoms with E-state index in [1.807, 2.05) is 12.2 Å². The van der Waals surface area contributed by atoms with E-state index in [0.717, 1.165) is 44.4 Å². The van der Waals surface area contributed by atoms with Crippen LogP contribution in [0.2, 0.25) is 0 Å². The van der Waals surface area contributed by atoms with E-state index < -0.39 is 36.8 Å². The van der Waals surface area contributed by atoms with Gasteiger partial charge in [-0.25, -0.2) is 0 Å². The van der Waals surface area contributed by atoms with E-state index in [0.29, 0.717) is 32.1 Å². The average molecular weight is 651 g/mol. The van der Waals surface area contributed by atoms with Crippen LogP contribution in [-0.2, 0) is 23.9 Å². The van der Waals surface area contributed by atoms with Crippen molar-refractivity contribution in [3.8, 4) is 0 Å². The van der Waals surface area contributed by atoms with Crippen molar-refractivity contribution >= 4 is 17.7 Å². The van der Waals surface area contributed by atoms with E-state index in [2.05, 4.69) is 20.8 Å². The van der Waals surface area contributed by atoms with Crippen molar-refractivity contribution in [2.75, 3.05) is 13.2 Å². The number of rotatable bonds is 28. The zero-order valence-corrected chi connectivity index (χ0v) is 29.2. The van der Waals surface area contributed by atoms with Crippen LogP contribution in [0.3, 0.4) is 0 Å². The fraction of sp³-hybridized carbons (Fsp3) is 0.816. The highest BCUT2D eigenvalue weighted by molar-refractivity contribution is 5.86. The summed E-state index contributed by atoms with van der Waals surface area (Å²) < 4.78 is 10.5. The first kappa shape index (κ1) is 42.0. The molecule has 1 saturated carbocycles. The summed E-state index contributed by atoms with van der Waals surface area (Å²) in [7, 11) is 0. The van der Waals surface area contributed by atoms with Crippen molar-refractivity contribution in [1.82, 2.24) is 0 Å². The Hall–Kier alpha value is -2.03. The maximum atomic E-state index is 12.4. The van der Waals surface area contributed by atoms with Crippen LogP contribution in [-0.4, -0.2) is 64.6 Å². The molecule has 0 aliphatic heterocycles. The van der Waals surface area contributed by atoms with Crippen molar-refractivity contribution in [2.45, 2.75) is 167 Å². The first-order valence-electron chi connectivity index (χ1n) is 18.4. The number of ketones is 1. The Balaban J connectivity index is 2.17. The van der Waals surface area contributed by atoms with E-state index in [4.69, 9.17) is 9.47 Å². The molecule has 0 aromatic carbocycles. The lowest BCUT2D eigenvalue weighted by Crippen LogP contribution is -2.28. The number of unbranched alkanes of at least 4 members (excludes halogenated alkanes) is 11. The molecule has 1 aliphatic rings. The number of hydrogen-bond acceptors (Lipinski definition) is 8. The quantitative estimate of drug-likeness (QED) is 0.0449. The fourth-order valence-electron chi connectivity index (χ4n) is 5.89. The van der Waals surface area contributed by atoms with Crippen LogP contribution in [0.5, 0.6) is 0 Å². The summed E-state index contributed by atoms with van der Waals surface area (Å²) in [6.07, 6.45) is 23.2. The predicted octanol–water partition coefficient (Wildman–Crippen LogP) is 7.56. The van der Waals surface area contributed by atoms with Crippen molar-refractivity contribution in [1.29, 1.82) is 0 Å². The molecule has 5 atom stereocenters. The number of allylic oxidation sites excluding steroid dienone is 3. The normalized spacial score (nSPS) is 19.8. The minimum atomic E-state index is -0.855. The molecule has 0 amide bonds. The molecular weight excluding hydrogens is 584 g/mol. The minimum Gasteiger partial charge on any atom is -0.462 e. The predicted molar refractivity (Wildman–Crippen MR) is 183 cm³/mol. The van der Waals surface area contributed by atoms with Crippen molar-refractivity contribution in [2.24, 2.45) is 17.8 Å².